The van der Waals surface area contributed by atoms with Crippen LogP contribution >= 0.6 is 0 Å². The van der Waals surface area contributed by atoms with Gasteiger partial charge < -0.3 is 15.5 Å². The summed E-state index contributed by atoms with van der Waals surface area (Å²) in [7, 11) is 0. The standard InChI is InChI=1S/C13H21NO4/c15-11-6-5-10(11)14-12(16)7-8-1-3-9(4-2-8)13(17)18/h8-11,15H,1-7H2,(H,14,16)(H,17,18)/t8?,9?,10-,11-/m1/s1. The highest BCUT2D eigenvalue weighted by molar-refractivity contribution is 5.76. The Labute approximate surface area is 107 Å². The molecule has 0 heterocycles. The molecule has 0 unspecified atom stereocenters. The highest BCUT2D eigenvalue weighted by Crippen LogP contribution is 2.31. The summed E-state index contributed by atoms with van der Waals surface area (Å²) in [6, 6.07) is -0.0622. The predicted octanol–water partition coefficient (Wildman–Crippen LogP) is 0.907. The van der Waals surface area contributed by atoms with Crippen LogP contribution < -0.4 is 5.32 Å². The van der Waals surface area contributed by atoms with Gasteiger partial charge in [0.05, 0.1) is 18.1 Å². The molecule has 0 spiro atoms. The maximum Gasteiger partial charge on any atom is 0.306 e. The zero-order chi connectivity index (χ0) is 13.1. The number of aliphatic hydroxyl groups is 1. The van der Waals surface area contributed by atoms with Crippen LogP contribution in [-0.4, -0.2) is 34.2 Å². The van der Waals surface area contributed by atoms with Crippen LogP contribution in [0.15, 0.2) is 0 Å². The molecule has 0 aliphatic heterocycles. The average molecular weight is 255 g/mol. The SMILES string of the molecule is O=C(CC1CCC(C(=O)O)CC1)N[C@@H]1CC[C@H]1O. The van der Waals surface area contributed by atoms with Crippen molar-refractivity contribution in [1.82, 2.24) is 5.32 Å². The first kappa shape index (κ1) is 13.3. The number of nitrogens with one attached hydrogen (secondary N) is 1. The van der Waals surface area contributed by atoms with Crippen LogP contribution in [0.5, 0.6) is 0 Å². The van der Waals surface area contributed by atoms with E-state index >= 15 is 0 Å². The van der Waals surface area contributed by atoms with Gasteiger partial charge >= 0.3 is 5.97 Å². The Hall–Kier alpha value is -1.10. The predicted molar refractivity (Wildman–Crippen MR) is 64.9 cm³/mol. The van der Waals surface area contributed by atoms with E-state index in [-0.39, 0.29) is 24.0 Å². The molecule has 5 heteroatoms. The molecule has 2 atom stereocenters. The monoisotopic (exact) mass is 255 g/mol. The van der Waals surface area contributed by atoms with Gasteiger partial charge in [0.2, 0.25) is 5.91 Å². The third-order valence-corrected chi connectivity index (χ3v) is 4.25. The van der Waals surface area contributed by atoms with Crippen LogP contribution in [0.3, 0.4) is 0 Å². The van der Waals surface area contributed by atoms with Crippen molar-refractivity contribution in [1.29, 1.82) is 0 Å². The van der Waals surface area contributed by atoms with Crippen LogP contribution in [0.1, 0.15) is 44.9 Å². The van der Waals surface area contributed by atoms with E-state index in [1.807, 2.05) is 0 Å². The third-order valence-electron chi connectivity index (χ3n) is 4.25. The fourth-order valence-corrected chi connectivity index (χ4v) is 2.79. The first-order valence-corrected chi connectivity index (χ1v) is 6.76. The Morgan fingerprint density at radius 1 is 1.06 bits per heavy atom. The number of aliphatic hydroxyl groups excluding tert-OH is 1. The summed E-state index contributed by atoms with van der Waals surface area (Å²) in [4.78, 5) is 22.5. The van der Waals surface area contributed by atoms with Gasteiger partial charge in [0.15, 0.2) is 0 Å². The molecule has 2 aliphatic rings. The van der Waals surface area contributed by atoms with Gasteiger partial charge in [-0.15, -0.1) is 0 Å². The Morgan fingerprint density at radius 3 is 2.17 bits per heavy atom. The zero-order valence-corrected chi connectivity index (χ0v) is 10.5. The number of hydrogen-bond donors (Lipinski definition) is 3. The summed E-state index contributed by atoms with van der Waals surface area (Å²) in [6.45, 7) is 0. The van der Waals surface area contributed by atoms with Crippen molar-refractivity contribution >= 4 is 11.9 Å². The van der Waals surface area contributed by atoms with Crippen LogP contribution in [-0.2, 0) is 9.59 Å². The van der Waals surface area contributed by atoms with Crippen LogP contribution in [0.4, 0.5) is 0 Å². The van der Waals surface area contributed by atoms with Crippen LogP contribution in [0.25, 0.3) is 0 Å². The molecular weight excluding hydrogens is 234 g/mol. The number of carbonyl (C=O) groups is 2. The van der Waals surface area contributed by atoms with Crippen molar-refractivity contribution in [3.05, 3.63) is 0 Å². The maximum absolute atomic E-state index is 11.7. The van der Waals surface area contributed by atoms with E-state index < -0.39 is 5.97 Å². The maximum atomic E-state index is 11.7. The molecule has 2 rings (SSSR count). The van der Waals surface area contributed by atoms with Gasteiger partial charge in [-0.3, -0.25) is 9.59 Å². The summed E-state index contributed by atoms with van der Waals surface area (Å²) in [5.74, 6) is -0.636. The minimum atomic E-state index is -0.713. The lowest BCUT2D eigenvalue weighted by Gasteiger charge is -2.33. The molecule has 5 nitrogen and oxygen atoms in total. The second kappa shape index (κ2) is 5.69. The van der Waals surface area contributed by atoms with E-state index in [9.17, 15) is 14.7 Å². The molecule has 0 bridgehead atoms. The quantitative estimate of drug-likeness (QED) is 0.696. The van der Waals surface area contributed by atoms with Crippen LogP contribution in [0, 0.1) is 11.8 Å². The Kier molecular flexibility index (Phi) is 4.22. The van der Waals surface area contributed by atoms with Gasteiger partial charge in [0.1, 0.15) is 0 Å². The Morgan fingerprint density at radius 2 is 1.72 bits per heavy atom. The van der Waals surface area contributed by atoms with E-state index in [1.165, 1.54) is 0 Å². The summed E-state index contributed by atoms with van der Waals surface area (Å²) in [6.07, 6.45) is 4.72. The summed E-state index contributed by atoms with van der Waals surface area (Å²) in [5.41, 5.74) is 0. The largest absolute Gasteiger partial charge is 0.481 e. The van der Waals surface area contributed by atoms with Gasteiger partial charge in [-0.25, -0.2) is 0 Å². The van der Waals surface area contributed by atoms with Crippen molar-refractivity contribution in [3.63, 3.8) is 0 Å². The molecular formula is C13H21NO4. The average Bonchev–Trinajstić information content (AvgIpc) is 2.35. The first-order valence-electron chi connectivity index (χ1n) is 6.76. The molecule has 0 aromatic rings. The van der Waals surface area contributed by atoms with Crippen molar-refractivity contribution in [2.75, 3.05) is 0 Å². The molecule has 0 aromatic heterocycles. The number of carboxylic acid groups (broad SMARTS) is 1. The lowest BCUT2D eigenvalue weighted by atomic mass is 9.80. The zero-order valence-electron chi connectivity index (χ0n) is 10.5. The number of carboxylic acids is 1. The number of aliphatic carboxylic acids is 1. The molecule has 0 saturated heterocycles. The van der Waals surface area contributed by atoms with Gasteiger partial charge in [-0.05, 0) is 44.4 Å². The van der Waals surface area contributed by atoms with Gasteiger partial charge in [0.25, 0.3) is 0 Å². The van der Waals surface area contributed by atoms with Gasteiger partial charge in [-0.2, -0.15) is 0 Å². The van der Waals surface area contributed by atoms with Crippen molar-refractivity contribution in [2.24, 2.45) is 11.8 Å². The van der Waals surface area contributed by atoms with Crippen molar-refractivity contribution < 1.29 is 19.8 Å². The second-order valence-electron chi connectivity index (χ2n) is 5.58. The molecule has 18 heavy (non-hydrogen) atoms. The van der Waals surface area contributed by atoms with E-state index in [0.717, 1.165) is 25.7 Å². The highest BCUT2D eigenvalue weighted by Gasteiger charge is 2.31. The summed E-state index contributed by atoms with van der Waals surface area (Å²) < 4.78 is 0. The molecule has 3 N–H and O–H groups in total. The highest BCUT2D eigenvalue weighted by atomic mass is 16.4. The minimum absolute atomic E-state index is 0.00229. The van der Waals surface area contributed by atoms with E-state index in [1.54, 1.807) is 0 Å². The molecule has 1 amide bonds. The minimum Gasteiger partial charge on any atom is -0.481 e. The van der Waals surface area contributed by atoms with Crippen LogP contribution in [0.2, 0.25) is 0 Å². The van der Waals surface area contributed by atoms with Gasteiger partial charge in [0, 0.05) is 6.42 Å². The lowest BCUT2D eigenvalue weighted by molar-refractivity contribution is -0.143. The summed E-state index contributed by atoms with van der Waals surface area (Å²) >= 11 is 0. The van der Waals surface area contributed by atoms with Crippen molar-refractivity contribution in [3.8, 4) is 0 Å². The van der Waals surface area contributed by atoms with E-state index in [0.29, 0.717) is 25.2 Å². The number of hydrogen-bond acceptors (Lipinski definition) is 3. The molecule has 102 valence electrons. The fraction of sp³-hybridized carbons (Fsp3) is 0.846. The molecule has 0 radical (unpaired) electrons. The Balaban J connectivity index is 1.68. The lowest BCUT2D eigenvalue weighted by Crippen LogP contribution is -2.50. The Bertz CT molecular complexity index is 323. The fourth-order valence-electron chi connectivity index (χ4n) is 2.79. The number of rotatable bonds is 4. The molecule has 2 saturated carbocycles. The molecule has 0 aromatic carbocycles. The topological polar surface area (TPSA) is 86.6 Å². The normalized spacial score (nSPS) is 35.6. The van der Waals surface area contributed by atoms with Gasteiger partial charge in [-0.1, -0.05) is 0 Å². The first-order chi connectivity index (χ1) is 8.56. The number of amides is 1. The summed E-state index contributed by atoms with van der Waals surface area (Å²) in [5, 5.41) is 21.1. The third kappa shape index (κ3) is 3.22. The number of carbonyl (C=O) groups excluding carboxylic acids is 1. The van der Waals surface area contributed by atoms with Crippen molar-refractivity contribution in [2.45, 2.75) is 57.1 Å². The molecule has 2 fully saturated rings. The smallest absolute Gasteiger partial charge is 0.306 e. The van der Waals surface area contributed by atoms with E-state index in [4.69, 9.17) is 5.11 Å². The second-order valence-corrected chi connectivity index (χ2v) is 5.58. The molecule has 2 aliphatic carbocycles. The van der Waals surface area contributed by atoms with E-state index in [2.05, 4.69) is 5.32 Å².